The Morgan fingerprint density at radius 3 is 2.89 bits per heavy atom. The quantitative estimate of drug-likeness (QED) is 0.811. The summed E-state index contributed by atoms with van der Waals surface area (Å²) >= 11 is 0. The van der Waals surface area contributed by atoms with Gasteiger partial charge in [-0.3, -0.25) is 9.48 Å². The van der Waals surface area contributed by atoms with Gasteiger partial charge >= 0.3 is 0 Å². The van der Waals surface area contributed by atoms with E-state index in [1.165, 1.54) is 0 Å². The van der Waals surface area contributed by atoms with Gasteiger partial charge in [0.05, 0.1) is 11.8 Å². The van der Waals surface area contributed by atoms with Crippen LogP contribution in [0.15, 0.2) is 30.6 Å². The van der Waals surface area contributed by atoms with Crippen molar-refractivity contribution in [1.29, 1.82) is 0 Å². The average molecular weight is 258 g/mol. The standard InChI is InChI=1S/C14H18N4O/c1-10-3-4-12(13(15)7-10)14(19)16-6-5-11-8-17-18(2)9-11/h3-4,7-9H,5-6,15H2,1-2H3,(H,16,19). The maximum atomic E-state index is 12.0. The SMILES string of the molecule is Cc1ccc(C(=O)NCCc2cnn(C)c2)c(N)c1. The number of carbonyl (C=O) groups is 1. The van der Waals surface area contributed by atoms with E-state index < -0.39 is 0 Å². The van der Waals surface area contributed by atoms with Crippen molar-refractivity contribution in [3.8, 4) is 0 Å². The predicted molar refractivity (Wildman–Crippen MR) is 74.8 cm³/mol. The largest absolute Gasteiger partial charge is 0.398 e. The first kappa shape index (κ1) is 13.1. The molecule has 5 nitrogen and oxygen atoms in total. The number of benzene rings is 1. The van der Waals surface area contributed by atoms with Crippen LogP contribution in [0.5, 0.6) is 0 Å². The molecule has 0 aliphatic heterocycles. The van der Waals surface area contributed by atoms with Gasteiger partial charge in [0, 0.05) is 25.5 Å². The molecular weight excluding hydrogens is 240 g/mol. The van der Waals surface area contributed by atoms with E-state index in [4.69, 9.17) is 5.73 Å². The average Bonchev–Trinajstić information content (AvgIpc) is 2.75. The van der Waals surface area contributed by atoms with Gasteiger partial charge in [0.15, 0.2) is 0 Å². The van der Waals surface area contributed by atoms with Crippen LogP contribution in [0.2, 0.25) is 0 Å². The van der Waals surface area contributed by atoms with Gasteiger partial charge in [-0.2, -0.15) is 5.10 Å². The third-order valence-electron chi connectivity index (χ3n) is 2.91. The number of amides is 1. The second-order valence-corrected chi connectivity index (χ2v) is 4.62. The molecule has 3 N–H and O–H groups in total. The predicted octanol–water partition coefficient (Wildman–Crippen LogP) is 1.28. The number of anilines is 1. The molecule has 0 bridgehead atoms. The van der Waals surface area contributed by atoms with Crippen molar-refractivity contribution in [2.45, 2.75) is 13.3 Å². The van der Waals surface area contributed by atoms with Gasteiger partial charge in [-0.05, 0) is 36.6 Å². The fourth-order valence-electron chi connectivity index (χ4n) is 1.91. The van der Waals surface area contributed by atoms with E-state index in [1.807, 2.05) is 26.2 Å². The molecule has 0 spiro atoms. The number of hydrogen-bond acceptors (Lipinski definition) is 3. The molecule has 0 radical (unpaired) electrons. The zero-order chi connectivity index (χ0) is 13.8. The summed E-state index contributed by atoms with van der Waals surface area (Å²) < 4.78 is 1.75. The van der Waals surface area contributed by atoms with Crippen molar-refractivity contribution in [2.24, 2.45) is 7.05 Å². The molecule has 0 aliphatic carbocycles. The van der Waals surface area contributed by atoms with Gasteiger partial charge in [-0.25, -0.2) is 0 Å². The van der Waals surface area contributed by atoms with Gasteiger partial charge in [0.2, 0.25) is 0 Å². The minimum absolute atomic E-state index is 0.138. The van der Waals surface area contributed by atoms with Crippen molar-refractivity contribution >= 4 is 11.6 Å². The highest BCUT2D eigenvalue weighted by atomic mass is 16.1. The second-order valence-electron chi connectivity index (χ2n) is 4.62. The van der Waals surface area contributed by atoms with Crippen LogP contribution in [0, 0.1) is 6.92 Å². The summed E-state index contributed by atoms with van der Waals surface area (Å²) in [4.78, 5) is 12.0. The highest BCUT2D eigenvalue weighted by Gasteiger charge is 2.08. The van der Waals surface area contributed by atoms with Crippen molar-refractivity contribution in [3.05, 3.63) is 47.3 Å². The summed E-state index contributed by atoms with van der Waals surface area (Å²) in [6.45, 7) is 2.51. The lowest BCUT2D eigenvalue weighted by Gasteiger charge is -2.07. The van der Waals surface area contributed by atoms with Gasteiger partial charge in [0.1, 0.15) is 0 Å². The molecule has 0 atom stereocenters. The van der Waals surface area contributed by atoms with Crippen LogP contribution in [0.1, 0.15) is 21.5 Å². The molecule has 0 unspecified atom stereocenters. The maximum absolute atomic E-state index is 12.0. The Balaban J connectivity index is 1.90. The Kier molecular flexibility index (Phi) is 3.85. The Hall–Kier alpha value is -2.30. The smallest absolute Gasteiger partial charge is 0.253 e. The van der Waals surface area contributed by atoms with Crippen molar-refractivity contribution in [3.63, 3.8) is 0 Å². The van der Waals surface area contributed by atoms with E-state index in [1.54, 1.807) is 23.0 Å². The summed E-state index contributed by atoms with van der Waals surface area (Å²) in [5, 5.41) is 6.94. The molecule has 100 valence electrons. The maximum Gasteiger partial charge on any atom is 0.253 e. The minimum Gasteiger partial charge on any atom is -0.398 e. The number of nitrogens with two attached hydrogens (primary N) is 1. The van der Waals surface area contributed by atoms with Gasteiger partial charge in [0.25, 0.3) is 5.91 Å². The van der Waals surface area contributed by atoms with Crippen molar-refractivity contribution in [2.75, 3.05) is 12.3 Å². The lowest BCUT2D eigenvalue weighted by molar-refractivity contribution is 0.0955. The van der Waals surface area contributed by atoms with Crippen LogP contribution in [-0.2, 0) is 13.5 Å². The zero-order valence-electron chi connectivity index (χ0n) is 11.2. The molecule has 19 heavy (non-hydrogen) atoms. The molecule has 0 aliphatic rings. The molecule has 0 saturated carbocycles. The van der Waals surface area contributed by atoms with Crippen LogP contribution in [0.3, 0.4) is 0 Å². The van der Waals surface area contributed by atoms with E-state index in [-0.39, 0.29) is 5.91 Å². The Morgan fingerprint density at radius 1 is 1.47 bits per heavy atom. The number of nitrogens with one attached hydrogen (secondary N) is 1. The van der Waals surface area contributed by atoms with E-state index in [2.05, 4.69) is 10.4 Å². The van der Waals surface area contributed by atoms with E-state index in [9.17, 15) is 4.79 Å². The number of nitrogens with zero attached hydrogens (tertiary/aromatic N) is 2. The van der Waals surface area contributed by atoms with Crippen LogP contribution < -0.4 is 11.1 Å². The summed E-state index contributed by atoms with van der Waals surface area (Å²) in [5.74, 6) is -0.138. The number of rotatable bonds is 4. The summed E-state index contributed by atoms with van der Waals surface area (Å²) in [5.41, 5.74) is 9.01. The summed E-state index contributed by atoms with van der Waals surface area (Å²) in [6.07, 6.45) is 4.49. The fourth-order valence-corrected chi connectivity index (χ4v) is 1.91. The third kappa shape index (κ3) is 3.34. The number of aryl methyl sites for hydroxylation is 2. The molecule has 1 heterocycles. The molecule has 2 aromatic rings. The topological polar surface area (TPSA) is 72.9 Å². The van der Waals surface area contributed by atoms with E-state index in [0.29, 0.717) is 17.8 Å². The molecule has 1 aromatic carbocycles. The fraction of sp³-hybridized carbons (Fsp3) is 0.286. The molecule has 0 fully saturated rings. The number of carbonyl (C=O) groups excluding carboxylic acids is 1. The van der Waals surface area contributed by atoms with Crippen LogP contribution in [-0.4, -0.2) is 22.2 Å². The number of nitrogen functional groups attached to an aromatic ring is 1. The Bertz CT molecular complexity index is 589. The minimum atomic E-state index is -0.138. The first-order valence-corrected chi connectivity index (χ1v) is 6.18. The second kappa shape index (κ2) is 5.56. The summed E-state index contributed by atoms with van der Waals surface area (Å²) in [7, 11) is 1.87. The normalized spacial score (nSPS) is 10.4. The molecule has 1 aromatic heterocycles. The first-order valence-electron chi connectivity index (χ1n) is 6.18. The van der Waals surface area contributed by atoms with Crippen molar-refractivity contribution < 1.29 is 4.79 Å². The third-order valence-corrected chi connectivity index (χ3v) is 2.91. The van der Waals surface area contributed by atoms with Crippen LogP contribution in [0.4, 0.5) is 5.69 Å². The molecular formula is C14H18N4O. The molecule has 0 saturated heterocycles. The lowest BCUT2D eigenvalue weighted by Crippen LogP contribution is -2.26. The lowest BCUT2D eigenvalue weighted by atomic mass is 10.1. The van der Waals surface area contributed by atoms with Crippen molar-refractivity contribution in [1.82, 2.24) is 15.1 Å². The van der Waals surface area contributed by atoms with Crippen LogP contribution >= 0.6 is 0 Å². The number of aromatic nitrogens is 2. The summed E-state index contributed by atoms with van der Waals surface area (Å²) in [6, 6.07) is 5.44. The van der Waals surface area contributed by atoms with Gasteiger partial charge in [-0.15, -0.1) is 0 Å². The molecule has 1 amide bonds. The highest BCUT2D eigenvalue weighted by Crippen LogP contribution is 2.13. The first-order chi connectivity index (χ1) is 9.06. The number of hydrogen-bond donors (Lipinski definition) is 2. The van der Waals surface area contributed by atoms with Crippen LogP contribution in [0.25, 0.3) is 0 Å². The monoisotopic (exact) mass is 258 g/mol. The van der Waals surface area contributed by atoms with E-state index in [0.717, 1.165) is 17.5 Å². The molecule has 2 rings (SSSR count). The van der Waals surface area contributed by atoms with Gasteiger partial charge < -0.3 is 11.1 Å². The highest BCUT2D eigenvalue weighted by molar-refractivity contribution is 5.99. The molecule has 5 heteroatoms. The Labute approximate surface area is 112 Å². The zero-order valence-corrected chi connectivity index (χ0v) is 11.2. The van der Waals surface area contributed by atoms with Gasteiger partial charge in [-0.1, -0.05) is 6.07 Å². The Morgan fingerprint density at radius 2 is 2.26 bits per heavy atom. The van der Waals surface area contributed by atoms with E-state index >= 15 is 0 Å².